The number of furan rings is 1. The Morgan fingerprint density at radius 1 is 0.312 bits per heavy atom. The SMILES string of the molecule is c1ccc(-c2cccc(-c3cc4c(cc3-n3c5ccccc5c5cc6ccccc6cc53)oc3cccc(-c5nc(-c6ccccc6)nc(-c6ccc7ccccc7c6)n5)c34)c2)cc1. The van der Waals surface area contributed by atoms with E-state index in [2.05, 4.69) is 180 Å². The summed E-state index contributed by atoms with van der Waals surface area (Å²) in [6.45, 7) is 0. The quantitative estimate of drug-likeness (QED) is 0.168. The Hall–Kier alpha value is -8.67. The number of hydrogen-bond acceptors (Lipinski definition) is 4. The van der Waals surface area contributed by atoms with Crippen molar-refractivity contribution in [2.75, 3.05) is 0 Å². The largest absolute Gasteiger partial charge is 0.456 e. The number of nitrogens with zero attached hydrogens (tertiary/aromatic N) is 4. The van der Waals surface area contributed by atoms with E-state index in [1.807, 2.05) is 42.5 Å². The van der Waals surface area contributed by atoms with Crippen LogP contribution in [0.15, 0.2) is 223 Å². The Balaban J connectivity index is 1.09. The summed E-state index contributed by atoms with van der Waals surface area (Å²) < 4.78 is 9.34. The molecule has 0 aliphatic heterocycles. The summed E-state index contributed by atoms with van der Waals surface area (Å²) in [7, 11) is 0. The minimum absolute atomic E-state index is 0.580. The Morgan fingerprint density at radius 2 is 0.938 bits per heavy atom. The molecule has 0 bridgehead atoms. The second kappa shape index (κ2) is 14.5. The summed E-state index contributed by atoms with van der Waals surface area (Å²) in [6, 6.07) is 77.1. The maximum atomic E-state index is 6.93. The van der Waals surface area contributed by atoms with Gasteiger partial charge >= 0.3 is 0 Å². The molecule has 13 rings (SSSR count). The number of benzene rings is 10. The first-order valence-electron chi connectivity index (χ1n) is 21.6. The van der Waals surface area contributed by atoms with E-state index in [0.717, 1.165) is 88.4 Å². The van der Waals surface area contributed by atoms with Gasteiger partial charge in [0.15, 0.2) is 17.5 Å². The number of aromatic nitrogens is 4. The van der Waals surface area contributed by atoms with Crippen molar-refractivity contribution in [3.63, 3.8) is 0 Å². The normalized spacial score (nSPS) is 11.8. The van der Waals surface area contributed by atoms with E-state index >= 15 is 0 Å². The zero-order valence-electron chi connectivity index (χ0n) is 34.5. The van der Waals surface area contributed by atoms with Gasteiger partial charge < -0.3 is 8.98 Å². The van der Waals surface area contributed by atoms with Crippen LogP contribution in [0.3, 0.4) is 0 Å². The molecule has 5 nitrogen and oxygen atoms in total. The number of fused-ring (bicyclic) bond motifs is 8. The highest BCUT2D eigenvalue weighted by molar-refractivity contribution is 6.16. The van der Waals surface area contributed by atoms with Crippen molar-refractivity contribution in [2.45, 2.75) is 0 Å². The molecule has 0 atom stereocenters. The van der Waals surface area contributed by atoms with E-state index in [0.29, 0.717) is 17.5 Å². The van der Waals surface area contributed by atoms with E-state index in [1.165, 1.54) is 21.5 Å². The van der Waals surface area contributed by atoms with Gasteiger partial charge in [0.25, 0.3) is 0 Å². The molecular formula is C59H36N4O. The molecule has 0 aliphatic rings. The van der Waals surface area contributed by atoms with Crippen LogP contribution in [0.1, 0.15) is 0 Å². The third-order valence-electron chi connectivity index (χ3n) is 12.6. The third kappa shape index (κ3) is 5.90. The van der Waals surface area contributed by atoms with Crippen LogP contribution in [0.4, 0.5) is 0 Å². The van der Waals surface area contributed by atoms with Crippen LogP contribution in [0.25, 0.3) is 127 Å². The average molecular weight is 817 g/mol. The molecule has 298 valence electrons. The van der Waals surface area contributed by atoms with Crippen LogP contribution >= 0.6 is 0 Å². The topological polar surface area (TPSA) is 56.7 Å². The molecule has 0 saturated heterocycles. The van der Waals surface area contributed by atoms with Gasteiger partial charge in [-0.05, 0) is 80.7 Å². The van der Waals surface area contributed by atoms with Gasteiger partial charge in [-0.3, -0.25) is 0 Å². The smallest absolute Gasteiger partial charge is 0.164 e. The average Bonchev–Trinajstić information content (AvgIpc) is 3.90. The zero-order chi connectivity index (χ0) is 42.1. The first kappa shape index (κ1) is 36.0. The van der Waals surface area contributed by atoms with Crippen LogP contribution in [-0.2, 0) is 0 Å². The summed E-state index contributed by atoms with van der Waals surface area (Å²) in [5, 5.41) is 9.03. The predicted octanol–water partition coefficient (Wildman–Crippen LogP) is 15.5. The molecule has 3 heterocycles. The number of rotatable bonds is 6. The Kier molecular flexibility index (Phi) is 8.15. The van der Waals surface area contributed by atoms with E-state index in [4.69, 9.17) is 19.4 Å². The number of para-hydroxylation sites is 1. The standard InChI is InChI=1S/C59H36N4O/c1-3-15-37(16-4-1)41-23-13-24-44(31-41)48-35-50-55(36-53(48)63-51-27-12-11-25-46(51)49-33-42-21-9-10-22-43(42)34-52(49)63)64-54-28-14-26-47(56(50)54)59-61-57(39-18-5-2-6-19-39)60-58(62-59)45-30-29-38-17-7-8-20-40(38)32-45/h1-36H. The second-order valence-electron chi connectivity index (χ2n) is 16.4. The highest BCUT2D eigenvalue weighted by Gasteiger charge is 2.23. The third-order valence-corrected chi connectivity index (χ3v) is 12.6. The van der Waals surface area contributed by atoms with Crippen molar-refractivity contribution in [2.24, 2.45) is 0 Å². The van der Waals surface area contributed by atoms with Crippen LogP contribution in [0.5, 0.6) is 0 Å². The lowest BCUT2D eigenvalue weighted by Gasteiger charge is -2.16. The Bertz CT molecular complexity index is 3960. The van der Waals surface area contributed by atoms with Gasteiger partial charge in [-0.25, -0.2) is 15.0 Å². The molecular weight excluding hydrogens is 781 g/mol. The molecule has 0 N–H and O–H groups in total. The lowest BCUT2D eigenvalue weighted by molar-refractivity contribution is 0.668. The summed E-state index contributed by atoms with van der Waals surface area (Å²) in [5.41, 5.74) is 12.0. The highest BCUT2D eigenvalue weighted by Crippen LogP contribution is 2.44. The lowest BCUT2D eigenvalue weighted by Crippen LogP contribution is -2.00. The first-order valence-corrected chi connectivity index (χ1v) is 21.6. The van der Waals surface area contributed by atoms with Crippen molar-refractivity contribution in [1.29, 1.82) is 0 Å². The highest BCUT2D eigenvalue weighted by atomic mass is 16.3. The summed E-state index contributed by atoms with van der Waals surface area (Å²) in [5.74, 6) is 1.80. The Morgan fingerprint density at radius 3 is 1.75 bits per heavy atom. The zero-order valence-corrected chi connectivity index (χ0v) is 34.5. The maximum Gasteiger partial charge on any atom is 0.164 e. The molecule has 10 aromatic carbocycles. The molecule has 3 aromatic heterocycles. The minimum Gasteiger partial charge on any atom is -0.456 e. The Labute approximate surface area is 368 Å². The van der Waals surface area contributed by atoms with Gasteiger partial charge in [0.1, 0.15) is 11.2 Å². The fraction of sp³-hybridized carbons (Fsp3) is 0. The van der Waals surface area contributed by atoms with Gasteiger partial charge in [0.05, 0.1) is 16.7 Å². The lowest BCUT2D eigenvalue weighted by atomic mass is 9.95. The summed E-state index contributed by atoms with van der Waals surface area (Å²) in [4.78, 5) is 15.5. The molecule has 5 heteroatoms. The fourth-order valence-electron chi connectivity index (χ4n) is 9.55. The van der Waals surface area contributed by atoms with Crippen molar-refractivity contribution >= 4 is 65.3 Å². The molecule has 0 fully saturated rings. The molecule has 0 radical (unpaired) electrons. The second-order valence-corrected chi connectivity index (χ2v) is 16.4. The minimum atomic E-state index is 0.580. The van der Waals surface area contributed by atoms with Crippen molar-refractivity contribution in [3.05, 3.63) is 218 Å². The molecule has 0 saturated carbocycles. The van der Waals surface area contributed by atoms with E-state index in [9.17, 15) is 0 Å². The molecule has 0 amide bonds. The van der Waals surface area contributed by atoms with Gasteiger partial charge in [-0.1, -0.05) is 170 Å². The maximum absolute atomic E-state index is 6.93. The molecule has 0 spiro atoms. The van der Waals surface area contributed by atoms with Gasteiger partial charge in [0.2, 0.25) is 0 Å². The van der Waals surface area contributed by atoms with Crippen molar-refractivity contribution in [3.8, 4) is 62.1 Å². The van der Waals surface area contributed by atoms with Gasteiger partial charge in [-0.2, -0.15) is 0 Å². The van der Waals surface area contributed by atoms with Crippen molar-refractivity contribution in [1.82, 2.24) is 19.5 Å². The number of hydrogen-bond donors (Lipinski definition) is 0. The van der Waals surface area contributed by atoms with Crippen molar-refractivity contribution < 1.29 is 4.42 Å². The molecule has 64 heavy (non-hydrogen) atoms. The van der Waals surface area contributed by atoms with Crippen LogP contribution in [-0.4, -0.2) is 19.5 Å². The van der Waals surface area contributed by atoms with E-state index in [1.54, 1.807) is 0 Å². The van der Waals surface area contributed by atoms with Crippen LogP contribution < -0.4 is 0 Å². The monoisotopic (exact) mass is 816 g/mol. The van der Waals surface area contributed by atoms with Gasteiger partial charge in [0, 0.05) is 49.9 Å². The van der Waals surface area contributed by atoms with E-state index in [-0.39, 0.29) is 0 Å². The van der Waals surface area contributed by atoms with Gasteiger partial charge in [-0.15, -0.1) is 0 Å². The van der Waals surface area contributed by atoms with Crippen LogP contribution in [0.2, 0.25) is 0 Å². The first-order chi connectivity index (χ1) is 31.7. The fourth-order valence-corrected chi connectivity index (χ4v) is 9.55. The van der Waals surface area contributed by atoms with Crippen LogP contribution in [0, 0.1) is 0 Å². The van der Waals surface area contributed by atoms with E-state index < -0.39 is 0 Å². The predicted molar refractivity (Wildman–Crippen MR) is 264 cm³/mol. The molecule has 0 unspecified atom stereocenters. The molecule has 0 aliphatic carbocycles. The summed E-state index contributed by atoms with van der Waals surface area (Å²) >= 11 is 0. The summed E-state index contributed by atoms with van der Waals surface area (Å²) in [6.07, 6.45) is 0. The molecule has 13 aromatic rings.